The second kappa shape index (κ2) is 3.57. The van der Waals surface area contributed by atoms with Crippen molar-refractivity contribution in [3.63, 3.8) is 0 Å². The van der Waals surface area contributed by atoms with Crippen molar-refractivity contribution >= 4 is 25.4 Å². The molecule has 5 nitrogen and oxygen atoms in total. The number of halogens is 4. The van der Waals surface area contributed by atoms with Gasteiger partial charge in [-0.15, -0.1) is 0 Å². The van der Waals surface area contributed by atoms with Crippen molar-refractivity contribution in [2.45, 2.75) is 11.1 Å². The van der Waals surface area contributed by atoms with E-state index >= 15 is 0 Å². The smallest absolute Gasteiger partial charge is 0.235 e. The maximum absolute atomic E-state index is 12.3. The highest BCUT2D eigenvalue weighted by atomic mass is 35.7. The molecule has 0 spiro atoms. The lowest BCUT2D eigenvalue weighted by molar-refractivity contribution is -0.138. The highest BCUT2D eigenvalue weighted by Gasteiger charge is 2.32. The molecule has 0 aliphatic rings. The molecular weight excluding hydrogens is 283 g/mol. The van der Waals surface area contributed by atoms with Crippen molar-refractivity contribution in [2.24, 2.45) is 0 Å². The highest BCUT2D eigenvalue weighted by molar-refractivity contribution is 8.13. The van der Waals surface area contributed by atoms with Gasteiger partial charge in [0.1, 0.15) is 4.90 Å². The quantitative estimate of drug-likeness (QED) is 0.748. The summed E-state index contributed by atoms with van der Waals surface area (Å²) >= 11 is 0. The van der Waals surface area contributed by atoms with Crippen molar-refractivity contribution in [1.82, 2.24) is 14.6 Å². The zero-order chi connectivity index (χ0) is 12.8. The van der Waals surface area contributed by atoms with Crippen LogP contribution < -0.4 is 0 Å². The highest BCUT2D eigenvalue weighted by Crippen LogP contribution is 2.29. The predicted octanol–water partition coefficient (Wildman–Crippen LogP) is 1.68. The van der Waals surface area contributed by atoms with Crippen LogP contribution >= 0.6 is 10.7 Å². The standard InChI is InChI=1S/C7H3ClF3N3O2S/c8-17(15,16)5-2-13-14-3-4(7(9,10)11)1-12-6(5)14/h1-3H. The molecule has 0 saturated carbocycles. The van der Waals surface area contributed by atoms with Gasteiger partial charge in [-0.3, -0.25) is 0 Å². The molecule has 0 radical (unpaired) electrons. The van der Waals surface area contributed by atoms with Gasteiger partial charge < -0.3 is 0 Å². The lowest BCUT2D eigenvalue weighted by atomic mass is 10.3. The average Bonchev–Trinajstić information content (AvgIpc) is 2.57. The van der Waals surface area contributed by atoms with E-state index in [9.17, 15) is 21.6 Å². The van der Waals surface area contributed by atoms with E-state index in [1.165, 1.54) is 0 Å². The van der Waals surface area contributed by atoms with Gasteiger partial charge in [-0.05, 0) is 0 Å². The van der Waals surface area contributed by atoms with Gasteiger partial charge in [0, 0.05) is 23.1 Å². The summed E-state index contributed by atoms with van der Waals surface area (Å²) in [6.07, 6.45) is -2.59. The van der Waals surface area contributed by atoms with E-state index in [4.69, 9.17) is 10.7 Å². The average molecular weight is 286 g/mol. The number of aromatic nitrogens is 3. The molecule has 2 aromatic heterocycles. The Hall–Kier alpha value is -1.35. The number of rotatable bonds is 1. The lowest BCUT2D eigenvalue weighted by Gasteiger charge is -2.05. The van der Waals surface area contributed by atoms with Gasteiger partial charge in [0.15, 0.2) is 5.65 Å². The van der Waals surface area contributed by atoms with Crippen LogP contribution in [0.15, 0.2) is 23.5 Å². The zero-order valence-corrected chi connectivity index (χ0v) is 9.38. The molecule has 2 rings (SSSR count). The van der Waals surface area contributed by atoms with Crippen molar-refractivity contribution in [3.8, 4) is 0 Å². The monoisotopic (exact) mass is 285 g/mol. The number of alkyl halides is 3. The first-order valence-electron chi connectivity index (χ1n) is 4.05. The van der Waals surface area contributed by atoms with Crippen LogP contribution in [0.4, 0.5) is 13.2 Å². The third-order valence-electron chi connectivity index (χ3n) is 1.91. The predicted molar refractivity (Wildman–Crippen MR) is 51.0 cm³/mol. The summed E-state index contributed by atoms with van der Waals surface area (Å²) < 4.78 is 59.8. The van der Waals surface area contributed by atoms with Gasteiger partial charge in [-0.2, -0.15) is 18.3 Å². The Morgan fingerprint density at radius 3 is 2.47 bits per heavy atom. The molecule has 0 N–H and O–H groups in total. The van der Waals surface area contributed by atoms with Gasteiger partial charge in [-0.25, -0.2) is 17.9 Å². The first kappa shape index (κ1) is 12.1. The maximum atomic E-state index is 12.3. The zero-order valence-electron chi connectivity index (χ0n) is 7.81. The first-order valence-corrected chi connectivity index (χ1v) is 6.36. The second-order valence-electron chi connectivity index (χ2n) is 3.06. The fourth-order valence-corrected chi connectivity index (χ4v) is 2.04. The van der Waals surface area contributed by atoms with Gasteiger partial charge in [-0.1, -0.05) is 0 Å². The van der Waals surface area contributed by atoms with Crippen LogP contribution in [0, 0.1) is 0 Å². The van der Waals surface area contributed by atoms with Crippen LogP contribution in [-0.2, 0) is 15.2 Å². The van der Waals surface area contributed by atoms with Crippen LogP contribution in [0.2, 0.25) is 0 Å². The van der Waals surface area contributed by atoms with Gasteiger partial charge in [0.2, 0.25) is 0 Å². The second-order valence-corrected chi connectivity index (χ2v) is 5.59. The third kappa shape index (κ3) is 2.20. The molecule has 0 amide bonds. The van der Waals surface area contributed by atoms with Crippen LogP contribution in [0.5, 0.6) is 0 Å². The molecule has 0 bridgehead atoms. The molecule has 2 aromatic rings. The summed E-state index contributed by atoms with van der Waals surface area (Å²) in [5.41, 5.74) is -1.29. The molecule has 10 heteroatoms. The molecule has 0 aromatic carbocycles. The van der Waals surface area contributed by atoms with E-state index in [0.717, 1.165) is 6.20 Å². The normalized spacial score (nSPS) is 13.2. The van der Waals surface area contributed by atoms with E-state index in [-0.39, 0.29) is 5.65 Å². The molecule has 0 atom stereocenters. The minimum Gasteiger partial charge on any atom is -0.235 e. The minimum absolute atomic E-state index is 0.256. The van der Waals surface area contributed by atoms with Crippen LogP contribution in [0.3, 0.4) is 0 Å². The van der Waals surface area contributed by atoms with E-state index in [1.807, 2.05) is 0 Å². The molecule has 0 saturated heterocycles. The Balaban J connectivity index is 2.69. The fourth-order valence-electron chi connectivity index (χ4n) is 1.17. The summed E-state index contributed by atoms with van der Waals surface area (Å²) in [5.74, 6) is 0. The lowest BCUT2D eigenvalue weighted by Crippen LogP contribution is -2.08. The first-order chi connectivity index (χ1) is 7.69. The number of fused-ring (bicyclic) bond motifs is 1. The number of hydrogen-bond donors (Lipinski definition) is 0. The molecular formula is C7H3ClF3N3O2S. The Morgan fingerprint density at radius 2 is 1.94 bits per heavy atom. The van der Waals surface area contributed by atoms with Crippen LogP contribution in [0.25, 0.3) is 5.65 Å². The van der Waals surface area contributed by atoms with Gasteiger partial charge >= 0.3 is 6.18 Å². The van der Waals surface area contributed by atoms with Crippen LogP contribution in [-0.4, -0.2) is 23.0 Å². The summed E-state index contributed by atoms with van der Waals surface area (Å²) in [4.78, 5) is 2.95. The van der Waals surface area contributed by atoms with E-state index in [2.05, 4.69) is 10.1 Å². The number of nitrogens with zero attached hydrogens (tertiary/aromatic N) is 3. The molecule has 0 aliphatic carbocycles. The van der Waals surface area contributed by atoms with E-state index in [0.29, 0.717) is 16.9 Å². The Kier molecular flexibility index (Phi) is 2.54. The van der Waals surface area contributed by atoms with E-state index < -0.39 is 25.7 Å². The SMILES string of the molecule is O=S(=O)(Cl)c1cnn2cc(C(F)(F)F)cnc12. The molecule has 17 heavy (non-hydrogen) atoms. The van der Waals surface area contributed by atoms with Crippen molar-refractivity contribution in [3.05, 3.63) is 24.2 Å². The fraction of sp³-hybridized carbons (Fsp3) is 0.143. The molecule has 92 valence electrons. The maximum Gasteiger partial charge on any atom is 0.419 e. The van der Waals surface area contributed by atoms with Crippen molar-refractivity contribution in [1.29, 1.82) is 0 Å². The van der Waals surface area contributed by atoms with Crippen LogP contribution in [0.1, 0.15) is 5.56 Å². The molecule has 0 unspecified atom stereocenters. The number of hydrogen-bond acceptors (Lipinski definition) is 4. The molecule has 0 aliphatic heterocycles. The van der Waals surface area contributed by atoms with Gasteiger partial charge in [0.05, 0.1) is 11.8 Å². The largest absolute Gasteiger partial charge is 0.419 e. The van der Waals surface area contributed by atoms with Gasteiger partial charge in [0.25, 0.3) is 9.05 Å². The summed E-state index contributed by atoms with van der Waals surface area (Å²) in [7, 11) is 0.976. The Bertz CT molecular complexity index is 679. The Labute approximate surface area is 97.3 Å². The Morgan fingerprint density at radius 1 is 1.29 bits per heavy atom. The van der Waals surface area contributed by atoms with Crippen molar-refractivity contribution < 1.29 is 21.6 Å². The summed E-state index contributed by atoms with van der Waals surface area (Å²) in [6, 6.07) is 0. The third-order valence-corrected chi connectivity index (χ3v) is 3.23. The molecule has 2 heterocycles. The van der Waals surface area contributed by atoms with E-state index in [1.54, 1.807) is 0 Å². The van der Waals surface area contributed by atoms with Crippen molar-refractivity contribution in [2.75, 3.05) is 0 Å². The topological polar surface area (TPSA) is 64.3 Å². The molecule has 0 fully saturated rings. The summed E-state index contributed by atoms with van der Waals surface area (Å²) in [6.45, 7) is 0. The summed E-state index contributed by atoms with van der Waals surface area (Å²) in [5, 5.41) is 3.45. The minimum atomic E-state index is -4.58.